The minimum atomic E-state index is -4.03. The van der Waals surface area contributed by atoms with Gasteiger partial charge >= 0.3 is 0 Å². The van der Waals surface area contributed by atoms with E-state index in [1.807, 2.05) is 0 Å². The van der Waals surface area contributed by atoms with E-state index in [1.165, 1.54) is 19.2 Å². The van der Waals surface area contributed by atoms with Crippen LogP contribution in [0.4, 0.5) is 5.69 Å². The molecule has 1 heterocycles. The summed E-state index contributed by atoms with van der Waals surface area (Å²) in [7, 11) is -2.56. The Bertz CT molecular complexity index is 1330. The molecule has 2 aromatic carbocycles. The minimum absolute atomic E-state index is 0.0234. The molecule has 0 atom stereocenters. The molecule has 0 radical (unpaired) electrons. The number of benzene rings is 2. The molecule has 3 rings (SSSR count). The Morgan fingerprint density at radius 2 is 1.94 bits per heavy atom. The van der Waals surface area contributed by atoms with Gasteiger partial charge < -0.3 is 15.0 Å². The summed E-state index contributed by atoms with van der Waals surface area (Å²) >= 11 is 6.92. The highest BCUT2D eigenvalue weighted by atomic mass is 35.5. The van der Waals surface area contributed by atoms with Crippen LogP contribution in [0.2, 0.25) is 5.02 Å². The number of H-pyrrole nitrogens is 1. The lowest BCUT2D eigenvalue weighted by Gasteiger charge is -2.10. The average molecular weight is 522 g/mol. The molecule has 180 valence electrons. The predicted octanol–water partition coefficient (Wildman–Crippen LogP) is 4.34. The highest BCUT2D eigenvalue weighted by Crippen LogP contribution is 2.28. The van der Waals surface area contributed by atoms with E-state index in [0.717, 1.165) is 42.8 Å². The lowest BCUT2D eigenvalue weighted by Crippen LogP contribution is -2.20. The Morgan fingerprint density at radius 3 is 2.59 bits per heavy atom. The van der Waals surface area contributed by atoms with Gasteiger partial charge in [0.05, 0.1) is 29.6 Å². The summed E-state index contributed by atoms with van der Waals surface area (Å²) in [6.45, 7) is 2.09. The van der Waals surface area contributed by atoms with Gasteiger partial charge in [0.25, 0.3) is 5.56 Å². The fourth-order valence-electron chi connectivity index (χ4n) is 3.07. The number of amides is 1. The first-order valence-electron chi connectivity index (χ1n) is 10.4. The summed E-state index contributed by atoms with van der Waals surface area (Å²) in [6.07, 6.45) is 3.93. The van der Waals surface area contributed by atoms with E-state index in [0.29, 0.717) is 16.5 Å². The van der Waals surface area contributed by atoms with E-state index in [2.05, 4.69) is 22.2 Å². The fraction of sp³-hybridized carbons (Fsp3) is 0.261. The topological polar surface area (TPSA) is 118 Å². The molecule has 34 heavy (non-hydrogen) atoms. The van der Waals surface area contributed by atoms with Crippen LogP contribution in [-0.4, -0.2) is 37.2 Å². The maximum atomic E-state index is 12.9. The summed E-state index contributed by atoms with van der Waals surface area (Å²) < 4.78 is 31.0. The van der Waals surface area contributed by atoms with Crippen LogP contribution >= 0.6 is 23.4 Å². The molecule has 0 unspecified atom stereocenters. The zero-order chi connectivity index (χ0) is 24.7. The Balaban J connectivity index is 1.68. The van der Waals surface area contributed by atoms with Gasteiger partial charge in [0, 0.05) is 5.02 Å². The van der Waals surface area contributed by atoms with Crippen molar-refractivity contribution in [2.45, 2.75) is 41.1 Å². The van der Waals surface area contributed by atoms with Crippen molar-refractivity contribution in [2.75, 3.05) is 18.2 Å². The summed E-state index contributed by atoms with van der Waals surface area (Å²) in [5, 5.41) is 3.23. The zero-order valence-electron chi connectivity index (χ0n) is 18.6. The van der Waals surface area contributed by atoms with Crippen LogP contribution in [0.5, 0.6) is 5.75 Å². The largest absolute Gasteiger partial charge is 0.495 e. The maximum absolute atomic E-state index is 12.9. The number of sulfone groups is 1. The molecule has 0 aliphatic rings. The van der Waals surface area contributed by atoms with E-state index in [4.69, 9.17) is 16.3 Å². The third kappa shape index (κ3) is 6.40. The van der Waals surface area contributed by atoms with Crippen LogP contribution < -0.4 is 15.6 Å². The highest BCUT2D eigenvalue weighted by molar-refractivity contribution is 7.99. The van der Waals surface area contributed by atoms with Crippen LogP contribution in [-0.2, 0) is 21.1 Å². The number of thioether (sulfide) groups is 1. The quantitative estimate of drug-likeness (QED) is 0.301. The predicted molar refractivity (Wildman–Crippen MR) is 133 cm³/mol. The van der Waals surface area contributed by atoms with Crippen molar-refractivity contribution in [1.82, 2.24) is 9.97 Å². The first-order chi connectivity index (χ1) is 16.2. The molecule has 11 heteroatoms. The van der Waals surface area contributed by atoms with Crippen LogP contribution in [0.15, 0.2) is 68.4 Å². The van der Waals surface area contributed by atoms with Crippen molar-refractivity contribution >= 4 is 44.8 Å². The lowest BCUT2D eigenvalue weighted by atomic mass is 10.1. The number of rotatable bonds is 10. The molecule has 0 saturated heterocycles. The van der Waals surface area contributed by atoms with Crippen LogP contribution in [0, 0.1) is 0 Å². The van der Waals surface area contributed by atoms with Gasteiger partial charge in [0.2, 0.25) is 15.7 Å². The second-order valence-corrected chi connectivity index (χ2v) is 10.6. The van der Waals surface area contributed by atoms with Crippen molar-refractivity contribution in [2.24, 2.45) is 0 Å². The van der Waals surface area contributed by atoms with Crippen molar-refractivity contribution in [1.29, 1.82) is 0 Å². The van der Waals surface area contributed by atoms with Crippen molar-refractivity contribution in [3.05, 3.63) is 69.6 Å². The molecule has 8 nitrogen and oxygen atoms in total. The molecule has 0 spiro atoms. The van der Waals surface area contributed by atoms with E-state index >= 15 is 0 Å². The Morgan fingerprint density at radius 1 is 1.21 bits per heavy atom. The number of carbonyl (C=O) groups excluding carboxylic acids is 1. The van der Waals surface area contributed by atoms with Gasteiger partial charge in [0.1, 0.15) is 5.75 Å². The number of unbranched alkanes of at least 4 members (excludes halogenated alkanes) is 1. The number of anilines is 1. The van der Waals surface area contributed by atoms with E-state index < -0.39 is 20.3 Å². The molecular weight excluding hydrogens is 498 g/mol. The molecule has 0 saturated carbocycles. The maximum Gasteiger partial charge on any atom is 0.270 e. The Kier molecular flexibility index (Phi) is 8.76. The number of nitrogens with zero attached hydrogens (tertiary/aromatic N) is 1. The third-order valence-corrected chi connectivity index (χ3v) is 7.75. The Labute approximate surface area is 207 Å². The number of hydrogen-bond acceptors (Lipinski definition) is 7. The number of aromatic nitrogens is 2. The minimum Gasteiger partial charge on any atom is -0.495 e. The first kappa shape index (κ1) is 25.8. The van der Waals surface area contributed by atoms with Crippen molar-refractivity contribution in [3.63, 3.8) is 0 Å². The van der Waals surface area contributed by atoms with Gasteiger partial charge in [-0.25, -0.2) is 13.4 Å². The number of hydrogen-bond donors (Lipinski definition) is 2. The van der Waals surface area contributed by atoms with Gasteiger partial charge in [-0.15, -0.1) is 0 Å². The van der Waals surface area contributed by atoms with Crippen LogP contribution in [0.25, 0.3) is 0 Å². The van der Waals surface area contributed by atoms with Gasteiger partial charge in [-0.1, -0.05) is 48.8 Å². The molecule has 2 N–H and O–H groups in total. The molecule has 0 aliphatic carbocycles. The zero-order valence-corrected chi connectivity index (χ0v) is 21.0. The number of halogens is 1. The molecule has 0 fully saturated rings. The summed E-state index contributed by atoms with van der Waals surface area (Å²) in [5.41, 5.74) is 0.641. The van der Waals surface area contributed by atoms with E-state index in [-0.39, 0.29) is 21.7 Å². The van der Waals surface area contributed by atoms with E-state index in [9.17, 15) is 18.0 Å². The summed E-state index contributed by atoms with van der Waals surface area (Å²) in [4.78, 5) is 30.8. The number of nitrogens with one attached hydrogen (secondary N) is 2. The third-order valence-electron chi connectivity index (χ3n) is 4.86. The molecule has 0 bridgehead atoms. The van der Waals surface area contributed by atoms with Gasteiger partial charge in [-0.2, -0.15) is 0 Å². The van der Waals surface area contributed by atoms with E-state index in [1.54, 1.807) is 30.3 Å². The number of aryl methyl sites for hydroxylation is 1. The molecular formula is C23H24ClN3O5S2. The monoisotopic (exact) mass is 521 g/mol. The SMILES string of the molecule is CCCCc1ccc(S(=O)(=O)c2cnc(SCC(=O)Nc3cc(Cl)ccc3OC)[nH]c2=O)cc1. The van der Waals surface area contributed by atoms with Crippen molar-refractivity contribution in [3.8, 4) is 5.75 Å². The lowest BCUT2D eigenvalue weighted by molar-refractivity contribution is -0.113. The standard InChI is InChI=1S/C23H24ClN3O5S2/c1-3-4-5-15-6-9-17(10-7-15)34(30,31)20-13-25-23(27-22(20)29)33-14-21(28)26-18-12-16(24)8-11-19(18)32-2/h6-13H,3-5,14H2,1-2H3,(H,26,28)(H,25,27,29). The number of carbonyl (C=O) groups is 1. The normalized spacial score (nSPS) is 11.3. The highest BCUT2D eigenvalue weighted by Gasteiger charge is 2.22. The fourth-order valence-corrected chi connectivity index (χ4v) is 5.11. The summed E-state index contributed by atoms with van der Waals surface area (Å²) in [6, 6.07) is 11.3. The average Bonchev–Trinajstić information content (AvgIpc) is 2.81. The molecule has 1 aromatic heterocycles. The molecule has 1 amide bonds. The van der Waals surface area contributed by atoms with Crippen molar-refractivity contribution < 1.29 is 17.9 Å². The second kappa shape index (κ2) is 11.5. The van der Waals surface area contributed by atoms with Crippen LogP contribution in [0.3, 0.4) is 0 Å². The molecule has 3 aromatic rings. The van der Waals surface area contributed by atoms with Gasteiger partial charge in [-0.05, 0) is 48.7 Å². The molecule has 0 aliphatic heterocycles. The second-order valence-electron chi connectivity index (χ2n) is 7.31. The van der Waals surface area contributed by atoms with Gasteiger partial charge in [-0.3, -0.25) is 9.59 Å². The summed E-state index contributed by atoms with van der Waals surface area (Å²) in [5.74, 6) is -0.0143. The first-order valence-corrected chi connectivity index (χ1v) is 13.3. The van der Waals surface area contributed by atoms with Crippen LogP contribution in [0.1, 0.15) is 25.3 Å². The number of ether oxygens (including phenoxy) is 1. The smallest absolute Gasteiger partial charge is 0.270 e. The number of aromatic amines is 1. The number of methoxy groups -OCH3 is 1. The van der Waals surface area contributed by atoms with Gasteiger partial charge in [0.15, 0.2) is 10.1 Å². The Hall–Kier alpha value is -2.82.